The lowest BCUT2D eigenvalue weighted by atomic mass is 10.2. The average molecular weight is 370 g/mol. The number of hydrogen-bond acceptors (Lipinski definition) is 6. The molecule has 1 heterocycles. The van der Waals surface area contributed by atoms with Gasteiger partial charge in [0.1, 0.15) is 5.01 Å². The van der Waals surface area contributed by atoms with Gasteiger partial charge in [0.25, 0.3) is 5.69 Å². The van der Waals surface area contributed by atoms with E-state index >= 15 is 0 Å². The summed E-state index contributed by atoms with van der Waals surface area (Å²) in [6, 6.07) is 12.3. The maximum absolute atomic E-state index is 12.3. The Balaban J connectivity index is 1.62. The fourth-order valence-corrected chi connectivity index (χ4v) is 3.62. The van der Waals surface area contributed by atoms with Crippen molar-refractivity contribution in [3.8, 4) is 0 Å². The van der Waals surface area contributed by atoms with Crippen LogP contribution < -0.4 is 5.32 Å². The molecule has 134 valence electrons. The van der Waals surface area contributed by atoms with Crippen LogP contribution in [0.15, 0.2) is 42.5 Å². The van der Waals surface area contributed by atoms with Crippen LogP contribution in [0, 0.1) is 17.0 Å². The number of anilines is 1. The smallest absolute Gasteiger partial charge is 0.271 e. The largest absolute Gasteiger partial charge is 0.324 e. The molecule has 0 aliphatic heterocycles. The van der Waals surface area contributed by atoms with E-state index in [0.717, 1.165) is 20.8 Å². The quantitative estimate of drug-likeness (QED) is 0.529. The molecule has 0 atom stereocenters. The Kier molecular flexibility index (Phi) is 5.24. The van der Waals surface area contributed by atoms with Crippen LogP contribution in [0.4, 0.5) is 11.4 Å². The van der Waals surface area contributed by atoms with E-state index in [1.165, 1.54) is 12.1 Å². The van der Waals surface area contributed by atoms with Crippen LogP contribution in [0.3, 0.4) is 0 Å². The van der Waals surface area contributed by atoms with Crippen molar-refractivity contribution in [3.05, 3.63) is 63.1 Å². The Hall–Kier alpha value is -2.84. The second kappa shape index (κ2) is 7.59. The molecule has 3 rings (SSSR count). The number of amides is 1. The van der Waals surface area contributed by atoms with Gasteiger partial charge < -0.3 is 5.32 Å². The number of carbonyl (C=O) groups excluding carboxylic acids is 1. The van der Waals surface area contributed by atoms with Crippen LogP contribution in [-0.4, -0.2) is 34.3 Å². The number of non-ortho nitro benzene ring substituents is 1. The lowest BCUT2D eigenvalue weighted by molar-refractivity contribution is -0.384. The molecule has 0 saturated heterocycles. The number of aryl methyl sites for hydroxylation is 1. The van der Waals surface area contributed by atoms with Crippen molar-refractivity contribution in [1.82, 2.24) is 9.88 Å². The number of benzene rings is 2. The molecule has 3 aromatic rings. The van der Waals surface area contributed by atoms with E-state index in [-0.39, 0.29) is 18.1 Å². The number of likely N-dealkylation sites (N-methyl/N-ethyl adjacent to an activating group) is 1. The highest BCUT2D eigenvalue weighted by atomic mass is 32.1. The number of carbonyl (C=O) groups is 1. The molecular formula is C18H18N4O3S. The van der Waals surface area contributed by atoms with Gasteiger partial charge in [-0.2, -0.15) is 0 Å². The van der Waals surface area contributed by atoms with Gasteiger partial charge in [0.15, 0.2) is 0 Å². The van der Waals surface area contributed by atoms with Crippen LogP contribution in [-0.2, 0) is 11.3 Å². The Morgan fingerprint density at radius 3 is 2.81 bits per heavy atom. The standard InChI is InChI=1S/C18H18N4O3S/c1-12-7-8-13(22(24)25)9-15(12)19-17(23)10-21(2)11-18-20-14-5-3-4-6-16(14)26-18/h3-9H,10-11H2,1-2H3,(H,19,23). The maximum atomic E-state index is 12.3. The summed E-state index contributed by atoms with van der Waals surface area (Å²) in [6.45, 7) is 2.52. The van der Waals surface area contributed by atoms with Gasteiger partial charge in [-0.15, -0.1) is 11.3 Å². The van der Waals surface area contributed by atoms with Gasteiger partial charge in [0.2, 0.25) is 5.91 Å². The van der Waals surface area contributed by atoms with Gasteiger partial charge in [0.05, 0.1) is 33.9 Å². The monoisotopic (exact) mass is 370 g/mol. The number of nitrogens with zero attached hydrogens (tertiary/aromatic N) is 3. The van der Waals surface area contributed by atoms with Crippen LogP contribution in [0.25, 0.3) is 10.2 Å². The van der Waals surface area contributed by atoms with E-state index < -0.39 is 4.92 Å². The van der Waals surface area contributed by atoms with E-state index in [0.29, 0.717) is 12.2 Å². The number of nitro benzene ring substituents is 1. The number of hydrogen-bond donors (Lipinski definition) is 1. The number of thiazole rings is 1. The molecular weight excluding hydrogens is 352 g/mol. The first kappa shape index (κ1) is 18.0. The number of nitrogens with one attached hydrogen (secondary N) is 1. The molecule has 0 radical (unpaired) electrons. The molecule has 0 spiro atoms. The highest BCUT2D eigenvalue weighted by Gasteiger charge is 2.13. The van der Waals surface area contributed by atoms with Gasteiger partial charge in [-0.1, -0.05) is 18.2 Å². The zero-order valence-corrected chi connectivity index (χ0v) is 15.2. The normalized spacial score (nSPS) is 11.0. The molecule has 0 fully saturated rings. The first-order valence-electron chi connectivity index (χ1n) is 8.00. The third kappa shape index (κ3) is 4.22. The summed E-state index contributed by atoms with van der Waals surface area (Å²) in [6.07, 6.45) is 0. The molecule has 0 bridgehead atoms. The van der Waals surface area contributed by atoms with Crippen molar-refractivity contribution in [2.24, 2.45) is 0 Å². The van der Waals surface area contributed by atoms with Gasteiger partial charge in [-0.3, -0.25) is 19.8 Å². The first-order chi connectivity index (χ1) is 12.4. The highest BCUT2D eigenvalue weighted by molar-refractivity contribution is 7.18. The fraction of sp³-hybridized carbons (Fsp3) is 0.222. The zero-order valence-electron chi connectivity index (χ0n) is 14.4. The van der Waals surface area contributed by atoms with Crippen LogP contribution in [0.1, 0.15) is 10.6 Å². The van der Waals surface area contributed by atoms with Crippen molar-refractivity contribution in [1.29, 1.82) is 0 Å². The minimum absolute atomic E-state index is 0.0475. The molecule has 0 unspecified atom stereocenters. The third-order valence-electron chi connectivity index (χ3n) is 3.86. The van der Waals surface area contributed by atoms with Crippen molar-refractivity contribution >= 4 is 38.8 Å². The van der Waals surface area contributed by atoms with Crippen LogP contribution in [0.5, 0.6) is 0 Å². The molecule has 8 heteroatoms. The second-order valence-corrected chi connectivity index (χ2v) is 7.17. The lowest BCUT2D eigenvalue weighted by Gasteiger charge is -2.15. The van der Waals surface area contributed by atoms with Crippen molar-refractivity contribution in [3.63, 3.8) is 0 Å². The summed E-state index contributed by atoms with van der Waals surface area (Å²) in [4.78, 5) is 29.1. The topological polar surface area (TPSA) is 88.4 Å². The summed E-state index contributed by atoms with van der Waals surface area (Å²) in [5, 5.41) is 14.6. The second-order valence-electron chi connectivity index (χ2n) is 6.05. The Morgan fingerprint density at radius 1 is 1.31 bits per heavy atom. The van der Waals surface area contributed by atoms with Crippen LogP contribution in [0.2, 0.25) is 0 Å². The molecule has 0 saturated carbocycles. The molecule has 26 heavy (non-hydrogen) atoms. The SMILES string of the molecule is Cc1ccc([N+](=O)[O-])cc1NC(=O)CN(C)Cc1nc2ccccc2s1. The number of fused-ring (bicyclic) bond motifs is 1. The maximum Gasteiger partial charge on any atom is 0.271 e. The minimum Gasteiger partial charge on any atom is -0.324 e. The summed E-state index contributed by atoms with van der Waals surface area (Å²) in [7, 11) is 1.84. The summed E-state index contributed by atoms with van der Waals surface area (Å²) >= 11 is 1.60. The third-order valence-corrected chi connectivity index (χ3v) is 4.88. The van der Waals surface area contributed by atoms with E-state index in [4.69, 9.17) is 0 Å². The molecule has 7 nitrogen and oxygen atoms in total. The van der Waals surface area contributed by atoms with Gasteiger partial charge in [0, 0.05) is 12.1 Å². The van der Waals surface area contributed by atoms with E-state index in [1.54, 1.807) is 24.3 Å². The predicted molar refractivity (Wildman–Crippen MR) is 102 cm³/mol. The predicted octanol–water partition coefficient (Wildman–Crippen LogP) is 3.58. The van der Waals surface area contributed by atoms with Crippen molar-refractivity contribution < 1.29 is 9.72 Å². The molecule has 0 aliphatic carbocycles. The Labute approximate surface area is 154 Å². The van der Waals surface area contributed by atoms with Crippen LogP contribution >= 0.6 is 11.3 Å². The van der Waals surface area contributed by atoms with Gasteiger partial charge >= 0.3 is 0 Å². The number of para-hydroxylation sites is 1. The molecule has 1 N–H and O–H groups in total. The highest BCUT2D eigenvalue weighted by Crippen LogP contribution is 2.23. The van der Waals surface area contributed by atoms with Crippen molar-refractivity contribution in [2.45, 2.75) is 13.5 Å². The van der Waals surface area contributed by atoms with Gasteiger partial charge in [-0.05, 0) is 31.7 Å². The minimum atomic E-state index is -0.478. The molecule has 1 aromatic heterocycles. The Bertz CT molecular complexity index is 937. The lowest BCUT2D eigenvalue weighted by Crippen LogP contribution is -2.30. The average Bonchev–Trinajstić information content (AvgIpc) is 2.98. The van der Waals surface area contributed by atoms with E-state index in [1.807, 2.05) is 36.2 Å². The first-order valence-corrected chi connectivity index (χ1v) is 8.82. The van der Waals surface area contributed by atoms with E-state index in [9.17, 15) is 14.9 Å². The summed E-state index contributed by atoms with van der Waals surface area (Å²) in [5.74, 6) is -0.225. The van der Waals surface area contributed by atoms with E-state index in [2.05, 4.69) is 10.3 Å². The van der Waals surface area contributed by atoms with Crippen molar-refractivity contribution in [2.75, 3.05) is 18.9 Å². The number of aromatic nitrogens is 1. The Morgan fingerprint density at radius 2 is 2.08 bits per heavy atom. The zero-order chi connectivity index (χ0) is 18.7. The summed E-state index contributed by atoms with van der Waals surface area (Å²) < 4.78 is 1.12. The molecule has 0 aliphatic rings. The number of rotatable bonds is 6. The molecule has 1 amide bonds. The fourth-order valence-electron chi connectivity index (χ4n) is 2.57. The summed E-state index contributed by atoms with van der Waals surface area (Å²) in [5.41, 5.74) is 2.14. The number of nitro groups is 1. The van der Waals surface area contributed by atoms with Gasteiger partial charge in [-0.25, -0.2) is 4.98 Å². The molecule has 2 aromatic carbocycles.